The summed E-state index contributed by atoms with van der Waals surface area (Å²) in [4.78, 5) is 42.5. The molecule has 37 heavy (non-hydrogen) atoms. The number of Topliss-reactive ketones (excluding diaryl/α,β-unsaturated/α-hetero) is 1. The molecule has 0 N–H and O–H groups in total. The van der Waals surface area contributed by atoms with Crippen LogP contribution in [-0.4, -0.2) is 84.5 Å². The number of nitrogens with zero attached hydrogens (tertiary/aromatic N) is 3. The van der Waals surface area contributed by atoms with Crippen molar-refractivity contribution in [3.63, 3.8) is 0 Å². The van der Waals surface area contributed by atoms with E-state index in [0.29, 0.717) is 51.2 Å². The fourth-order valence-electron chi connectivity index (χ4n) is 5.23. The second-order valence-electron chi connectivity index (χ2n) is 9.58. The van der Waals surface area contributed by atoms with Gasteiger partial charge in [-0.3, -0.25) is 14.4 Å². The van der Waals surface area contributed by atoms with E-state index in [1.165, 1.54) is 4.90 Å². The quantitative estimate of drug-likeness (QED) is 0.429. The number of carbonyl (C=O) groups excluding carboxylic acids is 3. The molecule has 2 aliphatic heterocycles. The van der Waals surface area contributed by atoms with Gasteiger partial charge in [0.05, 0.1) is 0 Å². The van der Waals surface area contributed by atoms with Crippen LogP contribution in [0.1, 0.15) is 99.8 Å². The normalized spacial score (nSPS) is 22.9. The van der Waals surface area contributed by atoms with Crippen LogP contribution in [0.3, 0.4) is 0 Å². The SMILES string of the molecule is CC.CC.CC.CCCC(=O)C1CCC(C(=O)N2CCC(C(F)(F)C(=O)N3CCN(C)CC3)CC2)CC1. The highest BCUT2D eigenvalue weighted by Crippen LogP contribution is 2.37. The van der Waals surface area contributed by atoms with Crippen LogP contribution >= 0.6 is 0 Å². The number of amides is 2. The lowest BCUT2D eigenvalue weighted by Crippen LogP contribution is -2.56. The number of alkyl halides is 2. The van der Waals surface area contributed by atoms with Gasteiger partial charge in [0, 0.05) is 63.4 Å². The predicted molar refractivity (Wildman–Crippen MR) is 148 cm³/mol. The molecule has 1 aliphatic carbocycles. The molecule has 218 valence electrons. The fourth-order valence-corrected chi connectivity index (χ4v) is 5.23. The molecule has 2 amide bonds. The smallest absolute Gasteiger partial charge is 0.327 e. The zero-order chi connectivity index (χ0) is 28.6. The van der Waals surface area contributed by atoms with E-state index in [1.54, 1.807) is 4.90 Å². The number of carbonyl (C=O) groups is 3. The Labute approximate surface area is 225 Å². The Morgan fingerprint density at radius 2 is 1.16 bits per heavy atom. The molecule has 3 fully saturated rings. The summed E-state index contributed by atoms with van der Waals surface area (Å²) in [7, 11) is 1.92. The predicted octanol–water partition coefficient (Wildman–Crippen LogP) is 5.89. The number of hydrogen-bond donors (Lipinski definition) is 0. The van der Waals surface area contributed by atoms with Crippen molar-refractivity contribution in [1.82, 2.24) is 14.7 Å². The van der Waals surface area contributed by atoms with E-state index < -0.39 is 17.7 Å². The molecule has 3 aliphatic rings. The maximum atomic E-state index is 14.9. The third-order valence-electron chi connectivity index (χ3n) is 7.42. The van der Waals surface area contributed by atoms with Gasteiger partial charge in [-0.15, -0.1) is 0 Å². The zero-order valence-electron chi connectivity index (χ0n) is 25.0. The molecule has 3 rings (SSSR count). The van der Waals surface area contributed by atoms with Crippen molar-refractivity contribution < 1.29 is 23.2 Å². The van der Waals surface area contributed by atoms with Gasteiger partial charge in [0.25, 0.3) is 5.91 Å². The van der Waals surface area contributed by atoms with Crippen LogP contribution in [0.25, 0.3) is 0 Å². The van der Waals surface area contributed by atoms with Crippen LogP contribution in [0.4, 0.5) is 8.78 Å². The van der Waals surface area contributed by atoms with Crippen LogP contribution in [0.5, 0.6) is 0 Å². The lowest BCUT2D eigenvalue weighted by atomic mass is 9.78. The number of likely N-dealkylation sites (tertiary alicyclic amines) is 1. The van der Waals surface area contributed by atoms with Crippen molar-refractivity contribution in [3.8, 4) is 0 Å². The summed E-state index contributed by atoms with van der Waals surface area (Å²) < 4.78 is 29.8. The molecule has 1 saturated carbocycles. The van der Waals surface area contributed by atoms with Crippen molar-refractivity contribution in [2.75, 3.05) is 46.3 Å². The number of piperidine rings is 1. The van der Waals surface area contributed by atoms with Crippen molar-refractivity contribution in [2.24, 2.45) is 17.8 Å². The van der Waals surface area contributed by atoms with Gasteiger partial charge >= 0.3 is 5.92 Å². The average molecular weight is 532 g/mol. The molecule has 0 aromatic carbocycles. The van der Waals surface area contributed by atoms with Gasteiger partial charge in [-0.2, -0.15) is 8.78 Å². The highest BCUT2D eigenvalue weighted by Gasteiger charge is 2.50. The first-order valence-electron chi connectivity index (χ1n) is 14.9. The molecule has 8 heteroatoms. The van der Waals surface area contributed by atoms with E-state index in [2.05, 4.69) is 0 Å². The summed E-state index contributed by atoms with van der Waals surface area (Å²) >= 11 is 0. The van der Waals surface area contributed by atoms with Gasteiger partial charge in [-0.25, -0.2) is 0 Å². The summed E-state index contributed by atoms with van der Waals surface area (Å²) in [5.74, 6) is -5.12. The van der Waals surface area contributed by atoms with Crippen molar-refractivity contribution >= 4 is 17.6 Å². The molecule has 2 heterocycles. The standard InChI is InChI=1S/C23H37F2N3O3.3C2H6/c1-3-4-20(29)17-5-7-18(8-6-17)21(30)27-11-9-19(10-12-27)23(24,25)22(31)28-15-13-26(2)14-16-28;3*1-2/h17-19H,3-16H2,1-2H3;3*1-2H3. The van der Waals surface area contributed by atoms with Gasteiger partial charge in [0.2, 0.25) is 5.91 Å². The summed E-state index contributed by atoms with van der Waals surface area (Å²) in [5.41, 5.74) is 0. The number of piperazine rings is 1. The summed E-state index contributed by atoms with van der Waals surface area (Å²) in [6.45, 7) is 16.5. The molecular formula is C29H55F2N3O3. The van der Waals surface area contributed by atoms with Gasteiger partial charge in [0.15, 0.2) is 0 Å². The third kappa shape index (κ3) is 10.3. The monoisotopic (exact) mass is 531 g/mol. The lowest BCUT2D eigenvalue weighted by Gasteiger charge is -2.40. The molecule has 2 saturated heterocycles. The van der Waals surface area contributed by atoms with Crippen LogP contribution in [-0.2, 0) is 14.4 Å². The Morgan fingerprint density at radius 3 is 1.62 bits per heavy atom. The van der Waals surface area contributed by atoms with E-state index >= 15 is 0 Å². The maximum absolute atomic E-state index is 14.9. The van der Waals surface area contributed by atoms with E-state index in [-0.39, 0.29) is 43.7 Å². The van der Waals surface area contributed by atoms with E-state index in [4.69, 9.17) is 0 Å². The first-order valence-corrected chi connectivity index (χ1v) is 14.9. The minimum atomic E-state index is -3.37. The van der Waals surface area contributed by atoms with Crippen LogP contribution < -0.4 is 0 Å². The second kappa shape index (κ2) is 18.6. The van der Waals surface area contributed by atoms with E-state index in [9.17, 15) is 23.2 Å². The number of rotatable bonds is 6. The van der Waals surface area contributed by atoms with Gasteiger partial charge in [0.1, 0.15) is 5.78 Å². The number of halogens is 2. The van der Waals surface area contributed by atoms with E-state index in [0.717, 1.165) is 19.3 Å². The number of ketones is 1. The summed E-state index contributed by atoms with van der Waals surface area (Å²) in [6, 6.07) is 0. The third-order valence-corrected chi connectivity index (χ3v) is 7.42. The number of hydrogen-bond acceptors (Lipinski definition) is 4. The molecule has 0 radical (unpaired) electrons. The largest absolute Gasteiger partial charge is 0.342 e. The van der Waals surface area contributed by atoms with Crippen LogP contribution in [0, 0.1) is 17.8 Å². The van der Waals surface area contributed by atoms with Crippen LogP contribution in [0.2, 0.25) is 0 Å². The Balaban J connectivity index is 0.00000201. The van der Waals surface area contributed by atoms with Crippen molar-refractivity contribution in [1.29, 1.82) is 0 Å². The molecular weight excluding hydrogens is 476 g/mol. The van der Waals surface area contributed by atoms with Gasteiger partial charge in [-0.05, 0) is 52.0 Å². The Morgan fingerprint density at radius 1 is 0.703 bits per heavy atom. The molecule has 0 atom stereocenters. The minimum absolute atomic E-state index is 0.0357. The first-order chi connectivity index (χ1) is 17.7. The Kier molecular flexibility index (Phi) is 17.9. The molecule has 0 aromatic rings. The highest BCUT2D eigenvalue weighted by molar-refractivity contribution is 5.84. The summed E-state index contributed by atoms with van der Waals surface area (Å²) in [5, 5.41) is 0. The first kappa shape index (κ1) is 35.4. The van der Waals surface area contributed by atoms with Crippen LogP contribution in [0.15, 0.2) is 0 Å². The highest BCUT2D eigenvalue weighted by atomic mass is 19.3. The fraction of sp³-hybridized carbons (Fsp3) is 0.897. The number of likely N-dealkylation sites (N-methyl/N-ethyl adjacent to an activating group) is 1. The second-order valence-corrected chi connectivity index (χ2v) is 9.58. The Bertz CT molecular complexity index is 651. The zero-order valence-corrected chi connectivity index (χ0v) is 25.0. The average Bonchev–Trinajstić information content (AvgIpc) is 2.96. The summed E-state index contributed by atoms with van der Waals surface area (Å²) in [6.07, 6.45) is 4.69. The molecule has 6 nitrogen and oxygen atoms in total. The lowest BCUT2D eigenvalue weighted by molar-refractivity contribution is -0.171. The minimum Gasteiger partial charge on any atom is -0.342 e. The van der Waals surface area contributed by atoms with Crippen molar-refractivity contribution in [2.45, 2.75) is 106 Å². The Hall–Kier alpha value is -1.57. The van der Waals surface area contributed by atoms with E-state index in [1.807, 2.05) is 60.4 Å². The molecule has 0 bridgehead atoms. The topological polar surface area (TPSA) is 60.9 Å². The molecule has 0 unspecified atom stereocenters. The molecule has 0 spiro atoms. The van der Waals surface area contributed by atoms with Gasteiger partial charge < -0.3 is 14.7 Å². The van der Waals surface area contributed by atoms with Gasteiger partial charge in [-0.1, -0.05) is 48.5 Å². The van der Waals surface area contributed by atoms with Crippen molar-refractivity contribution in [3.05, 3.63) is 0 Å². The maximum Gasteiger partial charge on any atom is 0.327 e. The molecule has 0 aromatic heterocycles.